The molecule has 3 aromatic rings. The molecule has 32 heavy (non-hydrogen) atoms. The van der Waals surface area contributed by atoms with Gasteiger partial charge in [0.1, 0.15) is 12.4 Å². The largest absolute Gasteiger partial charge is 0.488 e. The van der Waals surface area contributed by atoms with Crippen LogP contribution in [-0.4, -0.2) is 11.1 Å². The van der Waals surface area contributed by atoms with Crippen LogP contribution in [0, 0.1) is 13.8 Å². The number of ether oxygens (including phenoxy) is 1. The molecule has 0 unspecified atom stereocenters. The Morgan fingerprint density at radius 1 is 1.00 bits per heavy atom. The number of benzene rings is 3. The molecule has 0 spiro atoms. The Morgan fingerprint density at radius 3 is 2.41 bits per heavy atom. The maximum Gasteiger partial charge on any atom is 0.264 e. The molecule has 1 fully saturated rings. The summed E-state index contributed by atoms with van der Waals surface area (Å²) in [6.07, 6.45) is 1.85. The van der Waals surface area contributed by atoms with E-state index in [0.29, 0.717) is 16.7 Å². The zero-order chi connectivity index (χ0) is 22.7. The molecule has 1 heterocycles. The van der Waals surface area contributed by atoms with Crippen LogP contribution in [0.25, 0.3) is 6.08 Å². The zero-order valence-electron chi connectivity index (χ0n) is 17.5. The number of rotatable bonds is 5. The number of nitrogens with one attached hydrogen (secondary N) is 1. The van der Waals surface area contributed by atoms with E-state index >= 15 is 0 Å². The lowest BCUT2D eigenvalue weighted by Gasteiger charge is -2.09. The number of amides is 1. The summed E-state index contributed by atoms with van der Waals surface area (Å²) >= 11 is 8.35. The summed E-state index contributed by atoms with van der Waals surface area (Å²) < 4.78 is 7.79. The van der Waals surface area contributed by atoms with Crippen molar-refractivity contribution >= 4 is 66.5 Å². The van der Waals surface area contributed by atoms with Crippen LogP contribution in [0.3, 0.4) is 0 Å². The van der Waals surface area contributed by atoms with Gasteiger partial charge < -0.3 is 10.1 Å². The second-order valence-electron chi connectivity index (χ2n) is 7.43. The van der Waals surface area contributed by atoms with Gasteiger partial charge in [0.15, 0.2) is 5.17 Å². The number of aliphatic imine (C=N–C) groups is 1. The number of hydrogen-bond acceptors (Lipinski definition) is 4. The molecule has 0 radical (unpaired) electrons. The Bertz CT molecular complexity index is 1220. The van der Waals surface area contributed by atoms with Crippen molar-refractivity contribution in [2.24, 2.45) is 4.99 Å². The number of hydrogen-bond donors (Lipinski definition) is 1. The second-order valence-corrected chi connectivity index (χ2v) is 10.2. The van der Waals surface area contributed by atoms with Crippen molar-refractivity contribution in [3.63, 3.8) is 0 Å². The van der Waals surface area contributed by atoms with Crippen LogP contribution in [0.1, 0.15) is 22.3 Å². The van der Waals surface area contributed by atoms with Crippen LogP contribution in [-0.2, 0) is 11.4 Å². The predicted octanol–water partition coefficient (Wildman–Crippen LogP) is 7.30. The van der Waals surface area contributed by atoms with Gasteiger partial charge in [-0.1, -0.05) is 40.2 Å². The van der Waals surface area contributed by atoms with Gasteiger partial charge in [-0.15, -0.1) is 0 Å². The van der Waals surface area contributed by atoms with Gasteiger partial charge in [0.05, 0.1) is 15.1 Å². The molecule has 0 saturated carbocycles. The normalized spacial score (nSPS) is 15.9. The van der Waals surface area contributed by atoms with Gasteiger partial charge >= 0.3 is 0 Å². The van der Waals surface area contributed by atoms with Gasteiger partial charge in [0.2, 0.25) is 0 Å². The molecule has 1 N–H and O–H groups in total. The summed E-state index contributed by atoms with van der Waals surface area (Å²) in [6, 6.07) is 19.9. The van der Waals surface area contributed by atoms with Crippen molar-refractivity contribution in [3.8, 4) is 5.75 Å². The van der Waals surface area contributed by atoms with E-state index in [1.54, 1.807) is 0 Å². The Labute approximate surface area is 208 Å². The molecule has 0 atom stereocenters. The predicted molar refractivity (Wildman–Crippen MR) is 139 cm³/mol. The lowest BCUT2D eigenvalue weighted by molar-refractivity contribution is -0.115. The first-order valence-corrected chi connectivity index (χ1v) is 12.3. The summed E-state index contributed by atoms with van der Waals surface area (Å²) in [6.45, 7) is 4.54. The summed E-state index contributed by atoms with van der Waals surface area (Å²) in [5.74, 6) is 0.598. The molecule has 3 aromatic carbocycles. The number of nitrogens with zero attached hydrogens (tertiary/aromatic N) is 1. The Morgan fingerprint density at radius 2 is 1.72 bits per heavy atom. The highest BCUT2D eigenvalue weighted by molar-refractivity contribution is 9.10. The van der Waals surface area contributed by atoms with Gasteiger partial charge in [0, 0.05) is 4.47 Å². The number of amidine groups is 1. The molecule has 1 aliphatic rings. The third-order valence-corrected chi connectivity index (χ3v) is 6.71. The van der Waals surface area contributed by atoms with Crippen molar-refractivity contribution in [2.45, 2.75) is 20.5 Å². The van der Waals surface area contributed by atoms with E-state index in [4.69, 9.17) is 4.74 Å². The number of carbonyl (C=O) groups excluding carboxylic acids is 1. The molecule has 7 heteroatoms. The highest BCUT2D eigenvalue weighted by Gasteiger charge is 2.24. The van der Waals surface area contributed by atoms with Crippen LogP contribution in [0.5, 0.6) is 5.75 Å². The lowest BCUT2D eigenvalue weighted by atomic mass is 10.1. The van der Waals surface area contributed by atoms with Crippen LogP contribution < -0.4 is 10.1 Å². The average Bonchev–Trinajstić information content (AvgIpc) is 3.06. The molecule has 1 saturated heterocycles. The topological polar surface area (TPSA) is 50.7 Å². The number of carbonyl (C=O) groups is 1. The Balaban J connectivity index is 1.46. The van der Waals surface area contributed by atoms with Crippen LogP contribution in [0.4, 0.5) is 5.69 Å². The zero-order valence-corrected chi connectivity index (χ0v) is 21.5. The smallest absolute Gasteiger partial charge is 0.264 e. The fourth-order valence-corrected chi connectivity index (χ4v) is 4.85. The van der Waals surface area contributed by atoms with Crippen molar-refractivity contribution in [1.82, 2.24) is 5.32 Å². The van der Waals surface area contributed by atoms with E-state index in [2.05, 4.69) is 48.2 Å². The average molecular weight is 572 g/mol. The van der Waals surface area contributed by atoms with Crippen molar-refractivity contribution in [3.05, 3.63) is 96.8 Å². The van der Waals surface area contributed by atoms with Gasteiger partial charge in [-0.3, -0.25) is 4.79 Å². The summed E-state index contributed by atoms with van der Waals surface area (Å²) in [5.41, 5.74) is 5.10. The maximum atomic E-state index is 12.4. The third-order valence-electron chi connectivity index (χ3n) is 4.65. The molecular formula is C25H20Br2N2O2S. The van der Waals surface area contributed by atoms with Crippen molar-refractivity contribution in [2.75, 3.05) is 0 Å². The summed E-state index contributed by atoms with van der Waals surface area (Å²) in [7, 11) is 0. The molecule has 162 valence electrons. The highest BCUT2D eigenvalue weighted by Crippen LogP contribution is 2.32. The quantitative estimate of drug-likeness (QED) is 0.327. The van der Waals surface area contributed by atoms with Gasteiger partial charge in [-0.05, 0) is 106 Å². The fraction of sp³-hybridized carbons (Fsp3) is 0.120. The Hall–Kier alpha value is -2.35. The Kier molecular flexibility index (Phi) is 7.18. The third kappa shape index (κ3) is 5.91. The molecule has 0 aromatic heterocycles. The standard InChI is InChI=1S/C25H20Br2N2O2S/c1-15-9-16(2)11-20(10-15)28-25-29-24(30)23(32-25)13-18-5-8-22(21(27)12-18)31-14-17-3-6-19(26)7-4-17/h3-13H,14H2,1-2H3,(H,28,29,30). The van der Waals surface area contributed by atoms with Crippen LogP contribution in [0.15, 0.2) is 79.5 Å². The SMILES string of the molecule is Cc1cc(C)cc(N=C2NC(=O)C(=Cc3ccc(OCc4ccc(Br)cc4)c(Br)c3)S2)c1. The molecular weight excluding hydrogens is 552 g/mol. The van der Waals surface area contributed by atoms with Gasteiger partial charge in [-0.2, -0.15) is 0 Å². The number of aryl methyl sites for hydroxylation is 2. The summed E-state index contributed by atoms with van der Waals surface area (Å²) in [4.78, 5) is 17.6. The first kappa shape index (κ1) is 22.8. The molecule has 0 aliphatic carbocycles. The van der Waals surface area contributed by atoms with E-state index < -0.39 is 0 Å². The second kappa shape index (κ2) is 10.1. The minimum atomic E-state index is -0.148. The first-order valence-electron chi connectivity index (χ1n) is 9.90. The van der Waals surface area contributed by atoms with Crippen LogP contribution in [0.2, 0.25) is 0 Å². The first-order chi connectivity index (χ1) is 15.4. The van der Waals surface area contributed by atoms with Gasteiger partial charge in [0.25, 0.3) is 5.91 Å². The summed E-state index contributed by atoms with van der Waals surface area (Å²) in [5, 5.41) is 3.43. The van der Waals surface area contributed by atoms with E-state index in [1.165, 1.54) is 11.8 Å². The monoisotopic (exact) mass is 570 g/mol. The molecule has 4 rings (SSSR count). The number of thioether (sulfide) groups is 1. The van der Waals surface area contributed by atoms with Crippen molar-refractivity contribution in [1.29, 1.82) is 0 Å². The van der Waals surface area contributed by atoms with E-state index in [1.807, 2.05) is 74.5 Å². The number of halogens is 2. The molecule has 0 bridgehead atoms. The maximum absolute atomic E-state index is 12.4. The van der Waals surface area contributed by atoms with Crippen molar-refractivity contribution < 1.29 is 9.53 Å². The van der Waals surface area contributed by atoms with E-state index in [0.717, 1.165) is 42.6 Å². The van der Waals surface area contributed by atoms with E-state index in [9.17, 15) is 4.79 Å². The molecule has 4 nitrogen and oxygen atoms in total. The minimum Gasteiger partial charge on any atom is -0.488 e. The van der Waals surface area contributed by atoms with E-state index in [-0.39, 0.29) is 5.91 Å². The molecule has 1 amide bonds. The fourth-order valence-electron chi connectivity index (χ4n) is 3.23. The highest BCUT2D eigenvalue weighted by atomic mass is 79.9. The molecule has 1 aliphatic heterocycles. The minimum absolute atomic E-state index is 0.148. The van der Waals surface area contributed by atoms with Crippen LogP contribution >= 0.6 is 43.6 Å². The lowest BCUT2D eigenvalue weighted by Crippen LogP contribution is -2.19. The van der Waals surface area contributed by atoms with Gasteiger partial charge in [-0.25, -0.2) is 4.99 Å².